The molecule has 0 unspecified atom stereocenters. The molecule has 0 radical (unpaired) electrons. The first-order chi connectivity index (χ1) is 9.08. The molecule has 0 saturated carbocycles. The second kappa shape index (κ2) is 5.57. The Balaban J connectivity index is 2.10. The van der Waals surface area contributed by atoms with Gasteiger partial charge in [-0.2, -0.15) is 0 Å². The van der Waals surface area contributed by atoms with E-state index in [0.29, 0.717) is 0 Å². The summed E-state index contributed by atoms with van der Waals surface area (Å²) in [6, 6.07) is 2.82. The van der Waals surface area contributed by atoms with Gasteiger partial charge in [0, 0.05) is 17.3 Å². The minimum atomic E-state index is -1.18. The molecule has 0 aromatic carbocycles. The second-order valence-corrected chi connectivity index (χ2v) is 5.07. The van der Waals surface area contributed by atoms with Crippen LogP contribution in [0.5, 0.6) is 0 Å². The van der Waals surface area contributed by atoms with Gasteiger partial charge in [0.05, 0.1) is 12.1 Å². The number of carbonyl (C=O) groups is 2. The Morgan fingerprint density at radius 3 is 2.84 bits per heavy atom. The van der Waals surface area contributed by atoms with E-state index >= 15 is 0 Å². The normalized spacial score (nSPS) is 10.2. The van der Waals surface area contributed by atoms with Crippen LogP contribution < -0.4 is 5.32 Å². The molecule has 2 N–H and O–H groups in total. The van der Waals surface area contributed by atoms with E-state index in [1.54, 1.807) is 6.20 Å². The van der Waals surface area contributed by atoms with Gasteiger partial charge in [0.15, 0.2) is 0 Å². The van der Waals surface area contributed by atoms with Crippen molar-refractivity contribution in [1.29, 1.82) is 0 Å². The van der Waals surface area contributed by atoms with Crippen molar-refractivity contribution in [2.75, 3.05) is 0 Å². The first-order valence-electron chi connectivity index (χ1n) is 5.45. The topological polar surface area (TPSA) is 92.2 Å². The number of carboxylic acids is 1. The summed E-state index contributed by atoms with van der Waals surface area (Å²) in [5, 5.41) is 12.3. The summed E-state index contributed by atoms with van der Waals surface area (Å²) in [7, 11) is 0. The number of rotatable bonds is 4. The number of nitrogens with one attached hydrogen (secondary N) is 1. The van der Waals surface area contributed by atoms with E-state index < -0.39 is 11.9 Å². The van der Waals surface area contributed by atoms with Gasteiger partial charge in [-0.1, -0.05) is 0 Å². The minimum absolute atomic E-state index is 0.0942. The summed E-state index contributed by atoms with van der Waals surface area (Å²) >= 11 is 1.47. The summed E-state index contributed by atoms with van der Waals surface area (Å²) < 4.78 is 0. The van der Waals surface area contributed by atoms with Gasteiger partial charge < -0.3 is 10.4 Å². The Morgan fingerprint density at radius 2 is 2.21 bits per heavy atom. The standard InChI is InChI=1S/C12H11N3O3S/c1-7-5-14-9(19-7)6-15-11(16)10-8(12(17)18)3-2-4-13-10/h2-5H,6H2,1H3,(H,15,16)(H,17,18). The smallest absolute Gasteiger partial charge is 0.338 e. The van der Waals surface area contributed by atoms with Crippen LogP contribution in [0.25, 0.3) is 0 Å². The second-order valence-electron chi connectivity index (χ2n) is 3.75. The molecule has 0 fully saturated rings. The van der Waals surface area contributed by atoms with Crippen molar-refractivity contribution < 1.29 is 14.7 Å². The number of pyridine rings is 1. The average molecular weight is 277 g/mol. The molecule has 2 heterocycles. The van der Waals surface area contributed by atoms with Crippen LogP contribution in [0.4, 0.5) is 0 Å². The summed E-state index contributed by atoms with van der Waals surface area (Å²) in [5.41, 5.74) is -0.210. The number of hydrogen-bond donors (Lipinski definition) is 2. The molecule has 98 valence electrons. The molecule has 0 spiro atoms. The maximum atomic E-state index is 11.9. The van der Waals surface area contributed by atoms with Crippen LogP contribution in [-0.2, 0) is 6.54 Å². The number of thiazole rings is 1. The summed E-state index contributed by atoms with van der Waals surface area (Å²) in [4.78, 5) is 31.8. The third-order valence-electron chi connectivity index (χ3n) is 2.32. The predicted octanol–water partition coefficient (Wildman–Crippen LogP) is 1.47. The van der Waals surface area contributed by atoms with Gasteiger partial charge in [0.1, 0.15) is 10.7 Å². The lowest BCUT2D eigenvalue weighted by molar-refractivity contribution is 0.0690. The Morgan fingerprint density at radius 1 is 1.42 bits per heavy atom. The summed E-state index contributed by atoms with van der Waals surface area (Å²) in [6.07, 6.45) is 3.10. The molecule has 0 aliphatic heterocycles. The van der Waals surface area contributed by atoms with Gasteiger partial charge in [0.2, 0.25) is 0 Å². The predicted molar refractivity (Wildman–Crippen MR) is 69.2 cm³/mol. The Bertz CT molecular complexity index is 624. The first-order valence-corrected chi connectivity index (χ1v) is 6.27. The molecular weight excluding hydrogens is 266 g/mol. The van der Waals surface area contributed by atoms with Crippen molar-refractivity contribution in [2.45, 2.75) is 13.5 Å². The molecule has 7 heteroatoms. The zero-order valence-electron chi connectivity index (χ0n) is 10.1. The molecule has 0 saturated heterocycles. The van der Waals surface area contributed by atoms with Crippen molar-refractivity contribution >= 4 is 23.2 Å². The Hall–Kier alpha value is -2.28. The third-order valence-corrected chi connectivity index (χ3v) is 3.24. The summed E-state index contributed by atoms with van der Waals surface area (Å²) in [5.74, 6) is -1.70. The van der Waals surface area contributed by atoms with Gasteiger partial charge in [0.25, 0.3) is 5.91 Å². The van der Waals surface area contributed by atoms with E-state index in [4.69, 9.17) is 5.11 Å². The quantitative estimate of drug-likeness (QED) is 0.883. The lowest BCUT2D eigenvalue weighted by atomic mass is 10.2. The highest BCUT2D eigenvalue weighted by Gasteiger charge is 2.17. The van der Waals surface area contributed by atoms with E-state index in [0.717, 1.165) is 9.88 Å². The van der Waals surface area contributed by atoms with Crippen molar-refractivity contribution in [3.05, 3.63) is 45.7 Å². The number of carbonyl (C=O) groups excluding carboxylic acids is 1. The average Bonchev–Trinajstić information content (AvgIpc) is 2.81. The van der Waals surface area contributed by atoms with Gasteiger partial charge in [-0.15, -0.1) is 11.3 Å². The van der Waals surface area contributed by atoms with Crippen LogP contribution in [0, 0.1) is 6.92 Å². The lowest BCUT2D eigenvalue weighted by Crippen LogP contribution is -2.26. The highest BCUT2D eigenvalue weighted by atomic mass is 32.1. The largest absolute Gasteiger partial charge is 0.478 e. The molecule has 1 amide bonds. The molecule has 2 aromatic rings. The fraction of sp³-hybridized carbons (Fsp3) is 0.167. The highest BCUT2D eigenvalue weighted by Crippen LogP contribution is 2.11. The number of amides is 1. The number of hydrogen-bond acceptors (Lipinski definition) is 5. The molecule has 0 atom stereocenters. The Kier molecular flexibility index (Phi) is 3.86. The van der Waals surface area contributed by atoms with E-state index in [-0.39, 0.29) is 17.8 Å². The molecule has 0 bridgehead atoms. The first kappa shape index (κ1) is 13.2. The summed E-state index contributed by atoms with van der Waals surface area (Å²) in [6.45, 7) is 2.18. The van der Waals surface area contributed by atoms with Crippen molar-refractivity contribution in [1.82, 2.24) is 15.3 Å². The third kappa shape index (κ3) is 3.14. The highest BCUT2D eigenvalue weighted by molar-refractivity contribution is 7.11. The van der Waals surface area contributed by atoms with Crippen molar-refractivity contribution in [3.8, 4) is 0 Å². The Labute approximate surface area is 113 Å². The van der Waals surface area contributed by atoms with Crippen LogP contribution in [0.3, 0.4) is 0 Å². The van der Waals surface area contributed by atoms with Gasteiger partial charge >= 0.3 is 5.97 Å². The molecule has 2 rings (SSSR count). The fourth-order valence-corrected chi connectivity index (χ4v) is 2.21. The number of aromatic carboxylic acids is 1. The van der Waals surface area contributed by atoms with E-state index in [9.17, 15) is 9.59 Å². The SMILES string of the molecule is Cc1cnc(CNC(=O)c2ncccc2C(=O)O)s1. The van der Waals surface area contributed by atoms with E-state index in [2.05, 4.69) is 15.3 Å². The molecule has 6 nitrogen and oxygen atoms in total. The maximum Gasteiger partial charge on any atom is 0.338 e. The van der Waals surface area contributed by atoms with Crippen molar-refractivity contribution in [3.63, 3.8) is 0 Å². The molecule has 2 aromatic heterocycles. The van der Waals surface area contributed by atoms with Crippen LogP contribution in [0.1, 0.15) is 30.7 Å². The zero-order chi connectivity index (χ0) is 13.8. The van der Waals surface area contributed by atoms with E-state index in [1.165, 1.54) is 29.7 Å². The monoisotopic (exact) mass is 277 g/mol. The molecule has 0 aliphatic rings. The molecular formula is C12H11N3O3S. The number of carboxylic acid groups (broad SMARTS) is 1. The van der Waals surface area contributed by atoms with Gasteiger partial charge in [-0.05, 0) is 19.1 Å². The van der Waals surface area contributed by atoms with Crippen molar-refractivity contribution in [2.24, 2.45) is 0 Å². The van der Waals surface area contributed by atoms with Crippen LogP contribution in [0.15, 0.2) is 24.5 Å². The molecule has 19 heavy (non-hydrogen) atoms. The number of aryl methyl sites for hydroxylation is 1. The van der Waals surface area contributed by atoms with Crippen LogP contribution in [0.2, 0.25) is 0 Å². The van der Waals surface area contributed by atoms with Crippen LogP contribution in [-0.4, -0.2) is 27.0 Å². The molecule has 0 aliphatic carbocycles. The fourth-order valence-electron chi connectivity index (χ4n) is 1.48. The van der Waals surface area contributed by atoms with Gasteiger partial charge in [-0.25, -0.2) is 9.78 Å². The number of nitrogens with zero attached hydrogens (tertiary/aromatic N) is 2. The number of aromatic nitrogens is 2. The maximum absolute atomic E-state index is 11.9. The zero-order valence-corrected chi connectivity index (χ0v) is 10.9. The minimum Gasteiger partial charge on any atom is -0.478 e. The van der Waals surface area contributed by atoms with E-state index in [1.807, 2.05) is 6.92 Å². The van der Waals surface area contributed by atoms with Crippen LogP contribution >= 0.6 is 11.3 Å². The van der Waals surface area contributed by atoms with Gasteiger partial charge in [-0.3, -0.25) is 9.78 Å². The lowest BCUT2D eigenvalue weighted by Gasteiger charge is -2.05.